The Morgan fingerprint density at radius 1 is 1.29 bits per heavy atom. The van der Waals surface area contributed by atoms with Crippen molar-refractivity contribution in [2.45, 2.75) is 51.9 Å². The van der Waals surface area contributed by atoms with Crippen molar-refractivity contribution in [2.24, 2.45) is 5.92 Å². The number of halogens is 3. The molecule has 2 atom stereocenters. The van der Waals surface area contributed by atoms with Gasteiger partial charge in [0, 0.05) is 18.6 Å². The van der Waals surface area contributed by atoms with Crippen molar-refractivity contribution < 1.29 is 13.2 Å². The molecule has 102 valence electrons. The van der Waals surface area contributed by atoms with Crippen LogP contribution >= 0.6 is 0 Å². The third-order valence-electron chi connectivity index (χ3n) is 3.28. The van der Waals surface area contributed by atoms with Crippen LogP contribution in [0.4, 0.5) is 13.2 Å². The van der Waals surface area contributed by atoms with E-state index in [0.717, 1.165) is 26.1 Å². The van der Waals surface area contributed by atoms with Crippen molar-refractivity contribution in [1.29, 1.82) is 0 Å². The van der Waals surface area contributed by atoms with Gasteiger partial charge < -0.3 is 5.32 Å². The first-order chi connectivity index (χ1) is 7.78. The first-order valence-corrected chi connectivity index (χ1v) is 6.32. The lowest BCUT2D eigenvalue weighted by atomic mass is 10.1. The van der Waals surface area contributed by atoms with Gasteiger partial charge >= 0.3 is 6.18 Å². The summed E-state index contributed by atoms with van der Waals surface area (Å²) in [4.78, 5) is 1.96. The maximum atomic E-state index is 12.3. The first-order valence-electron chi connectivity index (χ1n) is 6.32. The van der Waals surface area contributed by atoms with Crippen LogP contribution < -0.4 is 5.32 Å². The van der Waals surface area contributed by atoms with Gasteiger partial charge in [-0.15, -0.1) is 0 Å². The van der Waals surface area contributed by atoms with Gasteiger partial charge in [-0.3, -0.25) is 4.90 Å². The molecule has 1 N–H and O–H groups in total. The molecule has 0 aromatic heterocycles. The molecule has 0 saturated carbocycles. The zero-order chi connectivity index (χ0) is 13.1. The van der Waals surface area contributed by atoms with E-state index in [2.05, 4.69) is 19.2 Å². The van der Waals surface area contributed by atoms with E-state index in [0.29, 0.717) is 12.0 Å². The highest BCUT2D eigenvalue weighted by molar-refractivity contribution is 4.82. The molecule has 1 aliphatic rings. The average Bonchev–Trinajstić information content (AvgIpc) is 2.60. The predicted octanol–water partition coefficient (Wildman–Crippen LogP) is 2.65. The Labute approximate surface area is 102 Å². The monoisotopic (exact) mass is 252 g/mol. The molecule has 2 nitrogen and oxygen atoms in total. The lowest BCUT2D eigenvalue weighted by Gasteiger charge is -2.25. The summed E-state index contributed by atoms with van der Waals surface area (Å²) >= 11 is 0. The van der Waals surface area contributed by atoms with Crippen molar-refractivity contribution in [1.82, 2.24) is 10.2 Å². The minimum Gasteiger partial charge on any atom is -0.314 e. The Morgan fingerprint density at radius 3 is 2.47 bits per heavy atom. The van der Waals surface area contributed by atoms with E-state index in [9.17, 15) is 13.2 Å². The van der Waals surface area contributed by atoms with Crippen molar-refractivity contribution in [3.8, 4) is 0 Å². The van der Waals surface area contributed by atoms with Crippen LogP contribution in [0.1, 0.15) is 33.6 Å². The van der Waals surface area contributed by atoms with E-state index in [1.807, 2.05) is 4.90 Å². The van der Waals surface area contributed by atoms with Crippen LogP contribution in [-0.2, 0) is 0 Å². The second-order valence-corrected chi connectivity index (χ2v) is 5.38. The minimum atomic E-state index is -4.05. The molecule has 17 heavy (non-hydrogen) atoms. The molecule has 0 aromatic rings. The lowest BCUT2D eigenvalue weighted by molar-refractivity contribution is -0.145. The highest BCUT2D eigenvalue weighted by Gasteiger charge is 2.34. The number of hydrogen-bond donors (Lipinski definition) is 1. The lowest BCUT2D eigenvalue weighted by Crippen LogP contribution is -2.36. The summed E-state index contributed by atoms with van der Waals surface area (Å²) in [5, 5.41) is 3.35. The van der Waals surface area contributed by atoms with E-state index in [4.69, 9.17) is 0 Å². The fraction of sp³-hybridized carbons (Fsp3) is 1.00. The normalized spacial score (nSPS) is 24.5. The highest BCUT2D eigenvalue weighted by atomic mass is 19.4. The molecule has 1 fully saturated rings. The van der Waals surface area contributed by atoms with Crippen molar-refractivity contribution in [3.63, 3.8) is 0 Å². The molecule has 0 radical (unpaired) electrons. The van der Waals surface area contributed by atoms with Gasteiger partial charge in [0.15, 0.2) is 0 Å². The van der Waals surface area contributed by atoms with Crippen LogP contribution in [0.3, 0.4) is 0 Å². The van der Waals surface area contributed by atoms with Gasteiger partial charge in [-0.05, 0) is 32.4 Å². The molecular formula is C12H23F3N2. The summed E-state index contributed by atoms with van der Waals surface area (Å²) in [6.45, 7) is 8.33. The SMILES string of the molecule is CC(C)NCC1CCN(C(C)CC(F)(F)F)C1. The van der Waals surface area contributed by atoms with Crippen LogP contribution in [0.2, 0.25) is 0 Å². The maximum Gasteiger partial charge on any atom is 0.390 e. The van der Waals surface area contributed by atoms with Crippen LogP contribution in [0, 0.1) is 5.92 Å². The fourth-order valence-corrected chi connectivity index (χ4v) is 2.30. The van der Waals surface area contributed by atoms with Gasteiger partial charge in [0.25, 0.3) is 0 Å². The Kier molecular flexibility index (Phi) is 5.25. The van der Waals surface area contributed by atoms with Gasteiger partial charge in [-0.2, -0.15) is 13.2 Å². The van der Waals surface area contributed by atoms with Gasteiger partial charge in [-0.25, -0.2) is 0 Å². The molecule has 0 aromatic carbocycles. The summed E-state index contributed by atoms with van der Waals surface area (Å²) in [5.74, 6) is 0.494. The van der Waals surface area contributed by atoms with E-state index in [-0.39, 0.29) is 6.04 Å². The predicted molar refractivity (Wildman–Crippen MR) is 63.0 cm³/mol. The summed E-state index contributed by atoms with van der Waals surface area (Å²) in [6, 6.07) is 0.0516. The number of alkyl halides is 3. The second kappa shape index (κ2) is 6.05. The van der Waals surface area contributed by atoms with Crippen LogP contribution in [0.15, 0.2) is 0 Å². The van der Waals surface area contributed by atoms with Crippen LogP contribution in [0.25, 0.3) is 0 Å². The quantitative estimate of drug-likeness (QED) is 0.809. The summed E-state index contributed by atoms with van der Waals surface area (Å²) < 4.78 is 36.8. The fourth-order valence-electron chi connectivity index (χ4n) is 2.30. The van der Waals surface area contributed by atoms with Gasteiger partial charge in [0.2, 0.25) is 0 Å². The first kappa shape index (κ1) is 14.8. The minimum absolute atomic E-state index is 0.390. The molecule has 1 saturated heterocycles. The molecule has 2 unspecified atom stereocenters. The smallest absolute Gasteiger partial charge is 0.314 e. The number of hydrogen-bond acceptors (Lipinski definition) is 2. The van der Waals surface area contributed by atoms with Crippen LogP contribution in [-0.4, -0.2) is 42.8 Å². The molecule has 1 rings (SSSR count). The van der Waals surface area contributed by atoms with Crippen molar-refractivity contribution in [3.05, 3.63) is 0 Å². The third-order valence-corrected chi connectivity index (χ3v) is 3.28. The topological polar surface area (TPSA) is 15.3 Å². The molecule has 5 heteroatoms. The number of nitrogens with zero attached hydrogens (tertiary/aromatic N) is 1. The van der Waals surface area contributed by atoms with E-state index in [1.54, 1.807) is 6.92 Å². The molecule has 0 amide bonds. The van der Waals surface area contributed by atoms with Crippen molar-refractivity contribution >= 4 is 0 Å². The van der Waals surface area contributed by atoms with Gasteiger partial charge in [-0.1, -0.05) is 13.8 Å². The van der Waals surface area contributed by atoms with Gasteiger partial charge in [0.05, 0.1) is 6.42 Å². The number of rotatable bonds is 5. The summed E-state index contributed by atoms with van der Waals surface area (Å²) in [6.07, 6.45) is -3.74. The zero-order valence-corrected chi connectivity index (χ0v) is 10.8. The third kappa shape index (κ3) is 5.73. The molecule has 0 bridgehead atoms. The zero-order valence-electron chi connectivity index (χ0n) is 10.8. The maximum absolute atomic E-state index is 12.3. The van der Waals surface area contributed by atoms with Gasteiger partial charge in [0.1, 0.15) is 0 Å². The molecule has 1 aliphatic heterocycles. The molecular weight excluding hydrogens is 229 g/mol. The number of likely N-dealkylation sites (tertiary alicyclic amines) is 1. The standard InChI is InChI=1S/C12H23F3N2/c1-9(2)16-7-11-4-5-17(8-11)10(3)6-12(13,14)15/h9-11,16H,4-8H2,1-3H3. The van der Waals surface area contributed by atoms with Crippen molar-refractivity contribution in [2.75, 3.05) is 19.6 Å². The number of nitrogens with one attached hydrogen (secondary N) is 1. The Bertz CT molecular complexity index is 228. The Hall–Kier alpha value is -0.290. The summed E-state index contributed by atoms with van der Waals surface area (Å²) in [5.41, 5.74) is 0. The second-order valence-electron chi connectivity index (χ2n) is 5.38. The van der Waals surface area contributed by atoms with E-state index >= 15 is 0 Å². The largest absolute Gasteiger partial charge is 0.390 e. The molecule has 0 aliphatic carbocycles. The molecule has 1 heterocycles. The Balaban J connectivity index is 2.29. The van der Waals surface area contributed by atoms with E-state index < -0.39 is 12.6 Å². The van der Waals surface area contributed by atoms with E-state index in [1.165, 1.54) is 0 Å². The highest BCUT2D eigenvalue weighted by Crippen LogP contribution is 2.27. The average molecular weight is 252 g/mol. The van der Waals surface area contributed by atoms with Crippen LogP contribution in [0.5, 0.6) is 0 Å². The molecule has 0 spiro atoms. The Morgan fingerprint density at radius 2 is 1.94 bits per heavy atom. The summed E-state index contributed by atoms with van der Waals surface area (Å²) in [7, 11) is 0.